The van der Waals surface area contributed by atoms with E-state index in [0.29, 0.717) is 5.56 Å². The van der Waals surface area contributed by atoms with E-state index >= 15 is 0 Å². The lowest BCUT2D eigenvalue weighted by atomic mass is 10.3. The van der Waals surface area contributed by atoms with E-state index in [1.165, 1.54) is 6.20 Å². The molecule has 0 spiro atoms. The first kappa shape index (κ1) is 9.58. The summed E-state index contributed by atoms with van der Waals surface area (Å²) >= 11 is 0. The van der Waals surface area contributed by atoms with Gasteiger partial charge >= 0.3 is 0 Å². The molecule has 0 radical (unpaired) electrons. The van der Waals surface area contributed by atoms with E-state index in [9.17, 15) is 4.79 Å². The van der Waals surface area contributed by atoms with Gasteiger partial charge < -0.3 is 0 Å². The summed E-state index contributed by atoms with van der Waals surface area (Å²) < 4.78 is 1.70. The SMILES string of the molecule is CCc1cnn(-c2ccc(C=O)cn2)c1. The standard InChI is InChI=1S/C11H11N3O/c1-2-9-6-13-14(7-9)11-4-3-10(8-15)5-12-11/h3-8H,2H2,1H3. The lowest BCUT2D eigenvalue weighted by Gasteiger charge is -1.98. The van der Waals surface area contributed by atoms with Crippen LogP contribution in [0.3, 0.4) is 0 Å². The Labute approximate surface area is 87.6 Å². The third-order valence-electron chi connectivity index (χ3n) is 2.19. The molecule has 0 unspecified atom stereocenters. The molecule has 2 heterocycles. The molecule has 2 aromatic heterocycles. The molecule has 0 amide bonds. The van der Waals surface area contributed by atoms with Crippen LogP contribution in [0, 0.1) is 0 Å². The van der Waals surface area contributed by atoms with Crippen LogP contribution in [0.5, 0.6) is 0 Å². The average Bonchev–Trinajstić information content (AvgIpc) is 2.78. The molecule has 0 saturated carbocycles. The molecule has 2 rings (SSSR count). The lowest BCUT2D eigenvalue weighted by Crippen LogP contribution is -1.97. The van der Waals surface area contributed by atoms with E-state index in [1.54, 1.807) is 16.8 Å². The second kappa shape index (κ2) is 4.04. The Morgan fingerprint density at radius 1 is 1.40 bits per heavy atom. The molecule has 15 heavy (non-hydrogen) atoms. The predicted molar refractivity (Wildman–Crippen MR) is 56.1 cm³/mol. The van der Waals surface area contributed by atoms with Crippen LogP contribution in [0.2, 0.25) is 0 Å². The fourth-order valence-electron chi connectivity index (χ4n) is 1.27. The maximum Gasteiger partial charge on any atom is 0.153 e. The fourth-order valence-corrected chi connectivity index (χ4v) is 1.27. The predicted octanol–water partition coefficient (Wildman–Crippen LogP) is 1.64. The number of nitrogens with zero attached hydrogens (tertiary/aromatic N) is 3. The maximum atomic E-state index is 10.4. The van der Waals surface area contributed by atoms with Crippen molar-refractivity contribution in [3.05, 3.63) is 41.9 Å². The van der Waals surface area contributed by atoms with Crippen molar-refractivity contribution in [2.75, 3.05) is 0 Å². The van der Waals surface area contributed by atoms with Gasteiger partial charge in [-0.05, 0) is 24.1 Å². The fraction of sp³-hybridized carbons (Fsp3) is 0.182. The zero-order valence-corrected chi connectivity index (χ0v) is 8.42. The first-order valence-corrected chi connectivity index (χ1v) is 4.78. The number of pyridine rings is 1. The highest BCUT2D eigenvalue weighted by Crippen LogP contribution is 2.06. The number of carbonyl (C=O) groups excluding carboxylic acids is 1. The smallest absolute Gasteiger partial charge is 0.153 e. The van der Waals surface area contributed by atoms with E-state index in [0.717, 1.165) is 24.1 Å². The number of aromatic nitrogens is 3. The highest BCUT2D eigenvalue weighted by Gasteiger charge is 2.00. The summed E-state index contributed by atoms with van der Waals surface area (Å²) in [7, 11) is 0. The molecule has 0 N–H and O–H groups in total. The van der Waals surface area contributed by atoms with E-state index < -0.39 is 0 Å². The molecular formula is C11H11N3O. The number of hydrogen-bond acceptors (Lipinski definition) is 3. The topological polar surface area (TPSA) is 47.8 Å². The minimum Gasteiger partial charge on any atom is -0.298 e. The van der Waals surface area contributed by atoms with Gasteiger partial charge in [0.2, 0.25) is 0 Å². The van der Waals surface area contributed by atoms with Gasteiger partial charge in [0.15, 0.2) is 12.1 Å². The van der Waals surface area contributed by atoms with Gasteiger partial charge in [-0.2, -0.15) is 5.10 Å². The molecule has 0 aliphatic heterocycles. The van der Waals surface area contributed by atoms with Crippen LogP contribution in [0.4, 0.5) is 0 Å². The zero-order valence-electron chi connectivity index (χ0n) is 8.42. The van der Waals surface area contributed by atoms with Crippen molar-refractivity contribution < 1.29 is 4.79 Å². The van der Waals surface area contributed by atoms with Crippen molar-refractivity contribution in [2.45, 2.75) is 13.3 Å². The van der Waals surface area contributed by atoms with Crippen molar-refractivity contribution in [1.82, 2.24) is 14.8 Å². The maximum absolute atomic E-state index is 10.4. The molecule has 76 valence electrons. The van der Waals surface area contributed by atoms with Crippen LogP contribution >= 0.6 is 0 Å². The Balaban J connectivity index is 2.32. The number of rotatable bonds is 3. The van der Waals surface area contributed by atoms with Gasteiger partial charge in [0.1, 0.15) is 0 Å². The van der Waals surface area contributed by atoms with Crippen molar-refractivity contribution in [1.29, 1.82) is 0 Å². The van der Waals surface area contributed by atoms with Crippen molar-refractivity contribution >= 4 is 6.29 Å². The Kier molecular flexibility index (Phi) is 2.58. The first-order valence-electron chi connectivity index (χ1n) is 4.78. The lowest BCUT2D eigenvalue weighted by molar-refractivity contribution is 0.112. The largest absolute Gasteiger partial charge is 0.298 e. The van der Waals surface area contributed by atoms with Gasteiger partial charge in [-0.1, -0.05) is 6.92 Å². The molecule has 0 bridgehead atoms. The summed E-state index contributed by atoms with van der Waals surface area (Å²) in [6.45, 7) is 2.07. The van der Waals surface area contributed by atoms with Gasteiger partial charge in [0.25, 0.3) is 0 Å². The Hall–Kier alpha value is -1.97. The first-order chi connectivity index (χ1) is 7.33. The molecular weight excluding hydrogens is 190 g/mol. The highest BCUT2D eigenvalue weighted by atomic mass is 16.1. The Morgan fingerprint density at radius 3 is 2.80 bits per heavy atom. The monoisotopic (exact) mass is 201 g/mol. The Morgan fingerprint density at radius 2 is 2.27 bits per heavy atom. The zero-order chi connectivity index (χ0) is 10.7. The summed E-state index contributed by atoms with van der Waals surface area (Å²) in [5, 5.41) is 4.18. The number of aryl methyl sites for hydroxylation is 1. The molecule has 2 aromatic rings. The van der Waals surface area contributed by atoms with Crippen LogP contribution in [0.15, 0.2) is 30.7 Å². The number of aldehydes is 1. The molecule has 4 heteroatoms. The quantitative estimate of drug-likeness (QED) is 0.709. The third kappa shape index (κ3) is 1.93. The molecule has 0 saturated heterocycles. The van der Waals surface area contributed by atoms with Crippen molar-refractivity contribution in [3.8, 4) is 5.82 Å². The van der Waals surface area contributed by atoms with Gasteiger partial charge in [0.05, 0.1) is 6.20 Å². The van der Waals surface area contributed by atoms with Crippen molar-refractivity contribution in [2.24, 2.45) is 0 Å². The van der Waals surface area contributed by atoms with Crippen molar-refractivity contribution in [3.63, 3.8) is 0 Å². The van der Waals surface area contributed by atoms with Crippen LogP contribution < -0.4 is 0 Å². The van der Waals surface area contributed by atoms with E-state index in [1.807, 2.05) is 12.4 Å². The summed E-state index contributed by atoms with van der Waals surface area (Å²) in [5.74, 6) is 0.723. The molecule has 0 fully saturated rings. The summed E-state index contributed by atoms with van der Waals surface area (Å²) in [5.41, 5.74) is 1.73. The average molecular weight is 201 g/mol. The molecule has 0 aromatic carbocycles. The molecule has 0 aliphatic rings. The Bertz CT molecular complexity index is 459. The van der Waals surface area contributed by atoms with E-state index in [2.05, 4.69) is 17.0 Å². The van der Waals surface area contributed by atoms with Crippen LogP contribution in [0.1, 0.15) is 22.8 Å². The second-order valence-electron chi connectivity index (χ2n) is 3.21. The van der Waals surface area contributed by atoms with Crippen LogP contribution in [0.25, 0.3) is 5.82 Å². The minimum absolute atomic E-state index is 0.571. The van der Waals surface area contributed by atoms with Gasteiger partial charge in [0, 0.05) is 18.0 Å². The molecule has 4 nitrogen and oxygen atoms in total. The molecule has 0 atom stereocenters. The minimum atomic E-state index is 0.571. The highest BCUT2D eigenvalue weighted by molar-refractivity contribution is 5.74. The number of hydrogen-bond donors (Lipinski definition) is 0. The summed E-state index contributed by atoms with van der Waals surface area (Å²) in [6.07, 6.45) is 7.01. The van der Waals surface area contributed by atoms with E-state index in [4.69, 9.17) is 0 Å². The summed E-state index contributed by atoms with van der Waals surface area (Å²) in [6, 6.07) is 3.50. The number of carbonyl (C=O) groups is 1. The third-order valence-corrected chi connectivity index (χ3v) is 2.19. The molecule has 0 aliphatic carbocycles. The second-order valence-corrected chi connectivity index (χ2v) is 3.21. The summed E-state index contributed by atoms with van der Waals surface area (Å²) in [4.78, 5) is 14.6. The van der Waals surface area contributed by atoms with Crippen LogP contribution in [-0.4, -0.2) is 21.1 Å². The van der Waals surface area contributed by atoms with Gasteiger partial charge in [-0.15, -0.1) is 0 Å². The van der Waals surface area contributed by atoms with Gasteiger partial charge in [-0.3, -0.25) is 4.79 Å². The van der Waals surface area contributed by atoms with E-state index in [-0.39, 0.29) is 0 Å². The normalized spacial score (nSPS) is 10.2. The van der Waals surface area contributed by atoms with Gasteiger partial charge in [-0.25, -0.2) is 9.67 Å². The van der Waals surface area contributed by atoms with Crippen LogP contribution in [-0.2, 0) is 6.42 Å².